The molecule has 3 heteroatoms. The van der Waals surface area contributed by atoms with Crippen molar-refractivity contribution in [3.63, 3.8) is 0 Å². The largest absolute Gasteiger partial charge is 0.296 e. The first-order valence-corrected chi connectivity index (χ1v) is 2.63. The van der Waals surface area contributed by atoms with Crippen molar-refractivity contribution in [3.8, 4) is 0 Å². The lowest BCUT2D eigenvalue weighted by atomic mass is 10.9. The summed E-state index contributed by atoms with van der Waals surface area (Å²) in [6, 6.07) is 0. The number of halogens is 1. The van der Waals surface area contributed by atoms with Gasteiger partial charge in [-0.25, -0.2) is 0 Å². The summed E-state index contributed by atoms with van der Waals surface area (Å²) in [5.74, 6) is 0. The highest BCUT2D eigenvalue weighted by molar-refractivity contribution is 5.85. The molecular weight excluding hydrogens is 126 g/mol. The smallest absolute Gasteiger partial charge is 0.0795 e. The van der Waals surface area contributed by atoms with Gasteiger partial charge in [-0.05, 0) is 12.8 Å². The summed E-state index contributed by atoms with van der Waals surface area (Å²) in [5, 5.41) is 1.76. The van der Waals surface area contributed by atoms with E-state index in [9.17, 15) is 0 Å². The van der Waals surface area contributed by atoms with Gasteiger partial charge >= 0.3 is 0 Å². The third kappa shape index (κ3) is 3.24. The van der Waals surface area contributed by atoms with Crippen LogP contribution in [0, 0.1) is 0 Å². The van der Waals surface area contributed by atoms with Crippen molar-refractivity contribution in [1.82, 2.24) is 5.06 Å². The van der Waals surface area contributed by atoms with Gasteiger partial charge in [0.2, 0.25) is 0 Å². The predicted octanol–water partition coefficient (Wildman–Crippen LogP) is 1.06. The Morgan fingerprint density at radius 3 is 2.00 bits per heavy atom. The standard InChI is InChI=1S/C5H11NO.ClH/c1-6(2)7-5-3-4-5;/h5H,3-4H2,1-2H3;1H. The zero-order valence-corrected chi connectivity index (χ0v) is 6.07. The van der Waals surface area contributed by atoms with Crippen molar-refractivity contribution >= 4 is 12.4 Å². The number of nitrogens with zero attached hydrogens (tertiary/aromatic N) is 1. The van der Waals surface area contributed by atoms with Crippen LogP contribution in [0.1, 0.15) is 12.8 Å². The molecule has 0 spiro atoms. The number of hydroxylamine groups is 2. The normalized spacial score (nSPS) is 18.4. The van der Waals surface area contributed by atoms with E-state index in [1.165, 1.54) is 12.8 Å². The van der Waals surface area contributed by atoms with E-state index in [1.54, 1.807) is 5.06 Å². The SMILES string of the molecule is CN(C)OC1CC1.Cl. The minimum absolute atomic E-state index is 0. The Morgan fingerprint density at radius 1 is 1.38 bits per heavy atom. The first-order valence-electron chi connectivity index (χ1n) is 2.63. The fraction of sp³-hybridized carbons (Fsp3) is 1.00. The summed E-state index contributed by atoms with van der Waals surface area (Å²) >= 11 is 0. The molecule has 2 nitrogen and oxygen atoms in total. The topological polar surface area (TPSA) is 12.5 Å². The van der Waals surface area contributed by atoms with Crippen molar-refractivity contribution in [2.45, 2.75) is 18.9 Å². The first kappa shape index (κ1) is 8.21. The minimum Gasteiger partial charge on any atom is -0.296 e. The van der Waals surface area contributed by atoms with Gasteiger partial charge in [0.1, 0.15) is 0 Å². The van der Waals surface area contributed by atoms with Crippen LogP contribution >= 0.6 is 12.4 Å². The molecule has 0 bridgehead atoms. The van der Waals surface area contributed by atoms with Crippen LogP contribution in [0.3, 0.4) is 0 Å². The Bertz CT molecular complexity index is 63.4. The predicted molar refractivity (Wildman–Crippen MR) is 35.0 cm³/mol. The fourth-order valence-corrected chi connectivity index (χ4v) is 0.472. The van der Waals surface area contributed by atoms with E-state index >= 15 is 0 Å². The van der Waals surface area contributed by atoms with E-state index in [4.69, 9.17) is 4.84 Å². The molecule has 0 aliphatic heterocycles. The third-order valence-corrected chi connectivity index (χ3v) is 0.884. The van der Waals surface area contributed by atoms with Gasteiger partial charge in [-0.3, -0.25) is 4.84 Å². The van der Waals surface area contributed by atoms with Gasteiger partial charge in [0.05, 0.1) is 6.10 Å². The van der Waals surface area contributed by atoms with Gasteiger partial charge in [0.15, 0.2) is 0 Å². The molecule has 0 saturated heterocycles. The van der Waals surface area contributed by atoms with Crippen molar-refractivity contribution < 1.29 is 4.84 Å². The maximum atomic E-state index is 5.19. The average Bonchev–Trinajstić information content (AvgIpc) is 2.17. The van der Waals surface area contributed by atoms with Crippen molar-refractivity contribution in [2.24, 2.45) is 0 Å². The van der Waals surface area contributed by atoms with Crippen LogP contribution in [0.2, 0.25) is 0 Å². The monoisotopic (exact) mass is 137 g/mol. The van der Waals surface area contributed by atoms with Crippen LogP contribution < -0.4 is 0 Å². The van der Waals surface area contributed by atoms with E-state index in [-0.39, 0.29) is 12.4 Å². The Balaban J connectivity index is 0.000000490. The maximum Gasteiger partial charge on any atom is 0.0795 e. The second-order valence-corrected chi connectivity index (χ2v) is 2.12. The second kappa shape index (κ2) is 3.28. The molecule has 0 atom stereocenters. The molecule has 1 aliphatic rings. The zero-order chi connectivity index (χ0) is 5.28. The summed E-state index contributed by atoms with van der Waals surface area (Å²) in [7, 11) is 3.83. The molecule has 8 heavy (non-hydrogen) atoms. The molecule has 50 valence electrons. The number of rotatable bonds is 2. The van der Waals surface area contributed by atoms with Crippen LogP contribution in [0.5, 0.6) is 0 Å². The van der Waals surface area contributed by atoms with E-state index in [2.05, 4.69) is 0 Å². The van der Waals surface area contributed by atoms with Crippen molar-refractivity contribution in [2.75, 3.05) is 14.1 Å². The molecule has 0 aromatic heterocycles. The van der Waals surface area contributed by atoms with E-state index in [0.717, 1.165) is 0 Å². The molecule has 0 heterocycles. The molecule has 0 amide bonds. The summed E-state index contributed by atoms with van der Waals surface area (Å²) in [5.41, 5.74) is 0. The molecule has 1 rings (SSSR count). The molecule has 1 saturated carbocycles. The van der Waals surface area contributed by atoms with E-state index < -0.39 is 0 Å². The Kier molecular flexibility index (Phi) is 3.36. The average molecular weight is 138 g/mol. The van der Waals surface area contributed by atoms with Crippen LogP contribution in [0.15, 0.2) is 0 Å². The minimum atomic E-state index is 0. The molecule has 1 fully saturated rings. The van der Waals surface area contributed by atoms with Crippen LogP contribution in [-0.2, 0) is 4.84 Å². The van der Waals surface area contributed by atoms with Crippen LogP contribution in [0.4, 0.5) is 0 Å². The Morgan fingerprint density at radius 2 is 1.88 bits per heavy atom. The van der Waals surface area contributed by atoms with Gasteiger partial charge in [-0.15, -0.1) is 12.4 Å². The van der Waals surface area contributed by atoms with E-state index in [1.807, 2.05) is 14.1 Å². The molecule has 0 N–H and O–H groups in total. The van der Waals surface area contributed by atoms with Gasteiger partial charge < -0.3 is 0 Å². The summed E-state index contributed by atoms with van der Waals surface area (Å²) in [6.45, 7) is 0. The lowest BCUT2D eigenvalue weighted by Gasteiger charge is -2.07. The first-order chi connectivity index (χ1) is 3.29. The van der Waals surface area contributed by atoms with Gasteiger partial charge in [-0.2, -0.15) is 5.06 Å². The summed E-state index contributed by atoms with van der Waals surface area (Å²) < 4.78 is 0. The lowest BCUT2D eigenvalue weighted by molar-refractivity contribution is -0.130. The van der Waals surface area contributed by atoms with Crippen molar-refractivity contribution in [1.29, 1.82) is 0 Å². The lowest BCUT2D eigenvalue weighted by Crippen LogP contribution is -2.13. The molecular formula is C5H12ClNO. The fourth-order valence-electron chi connectivity index (χ4n) is 0.472. The Labute approximate surface area is 56.2 Å². The van der Waals surface area contributed by atoms with Crippen LogP contribution in [0.25, 0.3) is 0 Å². The third-order valence-electron chi connectivity index (χ3n) is 0.884. The second-order valence-electron chi connectivity index (χ2n) is 2.12. The van der Waals surface area contributed by atoms with Crippen molar-refractivity contribution in [3.05, 3.63) is 0 Å². The summed E-state index contributed by atoms with van der Waals surface area (Å²) in [4.78, 5) is 5.19. The zero-order valence-electron chi connectivity index (χ0n) is 5.26. The summed E-state index contributed by atoms with van der Waals surface area (Å²) in [6.07, 6.45) is 3.05. The Hall–Kier alpha value is 0.210. The molecule has 0 aromatic carbocycles. The van der Waals surface area contributed by atoms with Gasteiger partial charge in [0, 0.05) is 14.1 Å². The van der Waals surface area contributed by atoms with Gasteiger partial charge in [-0.1, -0.05) is 0 Å². The maximum absolute atomic E-state index is 5.19. The van der Waals surface area contributed by atoms with Crippen LogP contribution in [-0.4, -0.2) is 25.3 Å². The van der Waals surface area contributed by atoms with E-state index in [0.29, 0.717) is 6.10 Å². The number of hydrogen-bond acceptors (Lipinski definition) is 2. The molecule has 0 unspecified atom stereocenters. The quantitative estimate of drug-likeness (QED) is 0.528. The highest BCUT2D eigenvalue weighted by Gasteiger charge is 2.23. The highest BCUT2D eigenvalue weighted by Crippen LogP contribution is 2.23. The number of hydrogen-bond donors (Lipinski definition) is 0. The van der Waals surface area contributed by atoms with Gasteiger partial charge in [0.25, 0.3) is 0 Å². The molecule has 0 aromatic rings. The molecule has 0 radical (unpaired) electrons. The molecule has 1 aliphatic carbocycles. The highest BCUT2D eigenvalue weighted by atomic mass is 35.5.